The number of rotatable bonds is 7. The Balaban J connectivity index is 1.96. The second kappa shape index (κ2) is 7.91. The molecule has 0 aromatic heterocycles. The summed E-state index contributed by atoms with van der Waals surface area (Å²) in [7, 11) is -3.72. The SMILES string of the molecule is O=C(O)C(CC1CCCCC1)NP(=O)(O)Cc1ccccc1. The minimum atomic E-state index is -3.72. The van der Waals surface area contributed by atoms with Crippen LogP contribution < -0.4 is 5.09 Å². The summed E-state index contributed by atoms with van der Waals surface area (Å²) < 4.78 is 12.3. The highest BCUT2D eigenvalue weighted by molar-refractivity contribution is 7.55. The van der Waals surface area contributed by atoms with Crippen molar-refractivity contribution in [3.05, 3.63) is 35.9 Å². The first-order valence-corrected chi connectivity index (χ1v) is 9.67. The van der Waals surface area contributed by atoms with Crippen LogP contribution in [0.15, 0.2) is 30.3 Å². The number of carbonyl (C=O) groups is 1. The van der Waals surface area contributed by atoms with Crippen molar-refractivity contribution in [2.75, 3.05) is 0 Å². The average Bonchev–Trinajstić information content (AvgIpc) is 2.48. The number of carboxylic acids is 1. The molecule has 0 bridgehead atoms. The molecule has 1 saturated carbocycles. The fourth-order valence-electron chi connectivity index (χ4n) is 3.08. The van der Waals surface area contributed by atoms with E-state index >= 15 is 0 Å². The van der Waals surface area contributed by atoms with Crippen molar-refractivity contribution in [1.82, 2.24) is 5.09 Å². The van der Waals surface area contributed by atoms with Crippen molar-refractivity contribution in [2.45, 2.75) is 50.7 Å². The van der Waals surface area contributed by atoms with Gasteiger partial charge in [-0.15, -0.1) is 0 Å². The lowest BCUT2D eigenvalue weighted by molar-refractivity contribution is -0.139. The van der Waals surface area contributed by atoms with E-state index in [1.54, 1.807) is 24.3 Å². The lowest BCUT2D eigenvalue weighted by Gasteiger charge is -2.26. The van der Waals surface area contributed by atoms with Gasteiger partial charge in [0.05, 0.1) is 6.16 Å². The van der Waals surface area contributed by atoms with Gasteiger partial charge in [-0.2, -0.15) is 0 Å². The van der Waals surface area contributed by atoms with Crippen molar-refractivity contribution in [1.29, 1.82) is 0 Å². The van der Waals surface area contributed by atoms with Crippen LogP contribution >= 0.6 is 7.52 Å². The molecule has 1 aliphatic carbocycles. The molecule has 1 fully saturated rings. The van der Waals surface area contributed by atoms with E-state index in [0.717, 1.165) is 31.2 Å². The first-order valence-electron chi connectivity index (χ1n) is 7.82. The first-order chi connectivity index (χ1) is 10.5. The Morgan fingerprint density at radius 2 is 1.86 bits per heavy atom. The summed E-state index contributed by atoms with van der Waals surface area (Å²) in [4.78, 5) is 21.5. The fourth-order valence-corrected chi connectivity index (χ4v) is 4.58. The van der Waals surface area contributed by atoms with E-state index in [4.69, 9.17) is 0 Å². The number of hydrogen-bond donors (Lipinski definition) is 3. The maximum absolute atomic E-state index is 12.3. The molecule has 0 saturated heterocycles. The Labute approximate surface area is 131 Å². The third-order valence-electron chi connectivity index (χ3n) is 4.19. The van der Waals surface area contributed by atoms with Gasteiger partial charge in [-0.1, -0.05) is 62.4 Å². The molecule has 0 heterocycles. The maximum atomic E-state index is 12.3. The molecule has 0 radical (unpaired) electrons. The van der Waals surface area contributed by atoms with Gasteiger partial charge < -0.3 is 10.00 Å². The summed E-state index contributed by atoms with van der Waals surface area (Å²) in [5, 5.41) is 11.8. The zero-order valence-corrected chi connectivity index (χ0v) is 13.5. The van der Waals surface area contributed by atoms with Gasteiger partial charge in [0, 0.05) is 0 Å². The highest BCUT2D eigenvalue weighted by atomic mass is 31.2. The quantitative estimate of drug-likeness (QED) is 0.669. The summed E-state index contributed by atoms with van der Waals surface area (Å²) in [5.41, 5.74) is 0.725. The zero-order valence-electron chi connectivity index (χ0n) is 12.6. The topological polar surface area (TPSA) is 86.6 Å². The molecular formula is C16H24NO4P. The number of nitrogens with one attached hydrogen (secondary N) is 1. The van der Waals surface area contributed by atoms with Gasteiger partial charge in [-0.25, -0.2) is 5.09 Å². The molecule has 22 heavy (non-hydrogen) atoms. The molecule has 0 spiro atoms. The summed E-state index contributed by atoms with van der Waals surface area (Å²) in [6, 6.07) is 8.01. The Morgan fingerprint density at radius 1 is 1.23 bits per heavy atom. The Kier molecular flexibility index (Phi) is 6.18. The van der Waals surface area contributed by atoms with Gasteiger partial charge in [0.15, 0.2) is 0 Å². The van der Waals surface area contributed by atoms with E-state index in [1.807, 2.05) is 6.07 Å². The van der Waals surface area contributed by atoms with Gasteiger partial charge in [0.2, 0.25) is 0 Å². The van der Waals surface area contributed by atoms with Gasteiger partial charge in [0.25, 0.3) is 7.52 Å². The number of aliphatic carboxylic acids is 1. The molecule has 1 aromatic carbocycles. The Bertz CT molecular complexity index is 528. The standard InChI is InChI=1S/C16H24NO4P/c18-16(19)15(11-13-7-3-1-4-8-13)17-22(20,21)12-14-9-5-2-6-10-14/h2,5-6,9-10,13,15H,1,3-4,7-8,11-12H2,(H,18,19)(H2,17,20,21). The lowest BCUT2D eigenvalue weighted by atomic mass is 9.85. The molecular weight excluding hydrogens is 301 g/mol. The largest absolute Gasteiger partial charge is 0.480 e. The van der Waals surface area contributed by atoms with Gasteiger partial charge >= 0.3 is 5.97 Å². The van der Waals surface area contributed by atoms with Crippen LogP contribution in [0.5, 0.6) is 0 Å². The van der Waals surface area contributed by atoms with E-state index < -0.39 is 19.5 Å². The highest BCUT2D eigenvalue weighted by Gasteiger charge is 2.30. The van der Waals surface area contributed by atoms with Crippen LogP contribution in [0.2, 0.25) is 0 Å². The van der Waals surface area contributed by atoms with E-state index in [0.29, 0.717) is 12.3 Å². The zero-order chi connectivity index (χ0) is 16.0. The molecule has 2 unspecified atom stereocenters. The third-order valence-corrected chi connectivity index (χ3v) is 5.70. The normalized spacial score (nSPS) is 20.2. The van der Waals surface area contributed by atoms with Crippen LogP contribution in [0.1, 0.15) is 44.1 Å². The van der Waals surface area contributed by atoms with E-state index in [1.165, 1.54) is 6.42 Å². The lowest BCUT2D eigenvalue weighted by Crippen LogP contribution is -2.37. The molecule has 1 aliphatic rings. The minimum Gasteiger partial charge on any atom is -0.480 e. The minimum absolute atomic E-state index is 0.0533. The molecule has 3 N–H and O–H groups in total. The van der Waals surface area contributed by atoms with Crippen molar-refractivity contribution in [2.24, 2.45) is 5.92 Å². The van der Waals surface area contributed by atoms with Crippen molar-refractivity contribution in [3.8, 4) is 0 Å². The summed E-state index contributed by atoms with van der Waals surface area (Å²) in [6.07, 6.45) is 5.85. The fraction of sp³-hybridized carbons (Fsp3) is 0.562. The molecule has 122 valence electrons. The predicted molar refractivity (Wildman–Crippen MR) is 85.7 cm³/mol. The van der Waals surface area contributed by atoms with Crippen molar-refractivity contribution >= 4 is 13.5 Å². The van der Waals surface area contributed by atoms with Gasteiger partial charge in [0.1, 0.15) is 6.04 Å². The molecule has 2 rings (SSSR count). The predicted octanol–water partition coefficient (Wildman–Crippen LogP) is 3.39. The van der Waals surface area contributed by atoms with Crippen LogP contribution in [0, 0.1) is 5.92 Å². The Morgan fingerprint density at radius 3 is 2.45 bits per heavy atom. The number of carboxylic acid groups (broad SMARTS) is 1. The first kappa shape index (κ1) is 17.2. The molecule has 0 aliphatic heterocycles. The second-order valence-electron chi connectivity index (χ2n) is 6.10. The van der Waals surface area contributed by atoms with Crippen LogP contribution in [-0.2, 0) is 15.5 Å². The van der Waals surface area contributed by atoms with Gasteiger partial charge in [-0.05, 0) is 17.9 Å². The summed E-state index contributed by atoms with van der Waals surface area (Å²) in [6.45, 7) is 0. The third kappa shape index (κ3) is 5.56. The van der Waals surface area contributed by atoms with Crippen LogP contribution in [0.25, 0.3) is 0 Å². The molecule has 2 atom stereocenters. The molecule has 0 amide bonds. The van der Waals surface area contributed by atoms with E-state index in [-0.39, 0.29) is 6.16 Å². The van der Waals surface area contributed by atoms with Gasteiger partial charge in [-0.3, -0.25) is 9.36 Å². The van der Waals surface area contributed by atoms with E-state index in [9.17, 15) is 19.4 Å². The maximum Gasteiger partial charge on any atom is 0.321 e. The van der Waals surface area contributed by atoms with Crippen LogP contribution in [-0.4, -0.2) is 22.0 Å². The Hall–Kier alpha value is -1.16. The average molecular weight is 325 g/mol. The second-order valence-corrected chi connectivity index (χ2v) is 8.08. The molecule has 5 nitrogen and oxygen atoms in total. The smallest absolute Gasteiger partial charge is 0.321 e. The van der Waals surface area contributed by atoms with Crippen LogP contribution in [0.4, 0.5) is 0 Å². The van der Waals surface area contributed by atoms with Crippen molar-refractivity contribution in [3.63, 3.8) is 0 Å². The van der Waals surface area contributed by atoms with E-state index in [2.05, 4.69) is 5.09 Å². The molecule has 1 aromatic rings. The monoisotopic (exact) mass is 325 g/mol. The molecule has 6 heteroatoms. The van der Waals surface area contributed by atoms with Crippen LogP contribution in [0.3, 0.4) is 0 Å². The number of hydrogen-bond acceptors (Lipinski definition) is 2. The van der Waals surface area contributed by atoms with Crippen molar-refractivity contribution < 1.29 is 19.4 Å². The number of benzene rings is 1. The highest BCUT2D eigenvalue weighted by Crippen LogP contribution is 2.41. The summed E-state index contributed by atoms with van der Waals surface area (Å²) >= 11 is 0. The summed E-state index contributed by atoms with van der Waals surface area (Å²) in [5.74, 6) is -0.716.